The molecule has 0 bridgehead atoms. The monoisotopic (exact) mass is 231 g/mol. The molecule has 0 aliphatic carbocycles. The number of H-pyrrole nitrogens is 1. The van der Waals surface area contributed by atoms with Crippen LogP contribution in [0.25, 0.3) is 0 Å². The molecule has 0 saturated carbocycles. The van der Waals surface area contributed by atoms with Gasteiger partial charge in [-0.05, 0) is 12.1 Å². The Kier molecular flexibility index (Phi) is 2.79. The van der Waals surface area contributed by atoms with Crippen LogP contribution in [-0.4, -0.2) is 21.1 Å². The van der Waals surface area contributed by atoms with Crippen molar-refractivity contribution in [2.24, 2.45) is 0 Å². The molecule has 0 aliphatic heterocycles. The molecule has 2 N–H and O–H groups in total. The van der Waals surface area contributed by atoms with Gasteiger partial charge in [-0.1, -0.05) is 0 Å². The number of rotatable bonds is 2. The molecule has 2 rings (SSSR count). The summed E-state index contributed by atoms with van der Waals surface area (Å²) in [6, 6.07) is 4.56. The van der Waals surface area contributed by atoms with Gasteiger partial charge in [-0.15, -0.1) is 0 Å². The summed E-state index contributed by atoms with van der Waals surface area (Å²) >= 11 is 0. The van der Waals surface area contributed by atoms with Crippen molar-refractivity contribution in [3.8, 4) is 6.07 Å². The van der Waals surface area contributed by atoms with Crippen molar-refractivity contribution < 1.29 is 9.18 Å². The summed E-state index contributed by atoms with van der Waals surface area (Å²) in [5, 5.41) is 17.1. The van der Waals surface area contributed by atoms with Crippen LogP contribution in [0.2, 0.25) is 0 Å². The largest absolute Gasteiger partial charge is 0.306 e. The van der Waals surface area contributed by atoms with Gasteiger partial charge < -0.3 is 5.32 Å². The van der Waals surface area contributed by atoms with E-state index < -0.39 is 11.9 Å². The predicted octanol–water partition coefficient (Wildman–Crippen LogP) is 1.07. The second-order valence-corrected chi connectivity index (χ2v) is 3.07. The normalized spacial score (nSPS) is 9.65. The Hall–Kier alpha value is -2.75. The molecule has 0 radical (unpaired) electrons. The number of hydrogen-bond acceptors (Lipinski definition) is 4. The number of hydrogen-bond donors (Lipinski definition) is 2. The molecule has 0 aromatic carbocycles. The average Bonchev–Trinajstić information content (AvgIpc) is 2.76. The van der Waals surface area contributed by atoms with Crippen LogP contribution in [0.4, 0.5) is 10.2 Å². The maximum absolute atomic E-state index is 13.2. The topological polar surface area (TPSA) is 94.5 Å². The zero-order valence-corrected chi connectivity index (χ0v) is 8.44. The third-order valence-corrected chi connectivity index (χ3v) is 2.00. The summed E-state index contributed by atoms with van der Waals surface area (Å²) in [7, 11) is 0. The molecule has 7 heteroatoms. The zero-order valence-electron chi connectivity index (χ0n) is 8.44. The molecule has 0 saturated heterocycles. The van der Waals surface area contributed by atoms with Crippen LogP contribution in [0, 0.1) is 17.3 Å². The van der Waals surface area contributed by atoms with Gasteiger partial charge in [0.2, 0.25) is 5.95 Å². The highest BCUT2D eigenvalue weighted by molar-refractivity contribution is 6.04. The van der Waals surface area contributed by atoms with Crippen molar-refractivity contribution in [3.05, 3.63) is 41.6 Å². The maximum atomic E-state index is 13.2. The molecule has 0 unspecified atom stereocenters. The molecule has 2 aromatic heterocycles. The molecule has 17 heavy (non-hydrogen) atoms. The molecule has 0 spiro atoms. The number of anilines is 1. The van der Waals surface area contributed by atoms with Crippen molar-refractivity contribution in [1.29, 1.82) is 5.26 Å². The number of pyridine rings is 1. The fraction of sp³-hybridized carbons (Fsp3) is 0. The number of aromatic nitrogens is 3. The Morgan fingerprint density at radius 1 is 1.59 bits per heavy atom. The second kappa shape index (κ2) is 4.40. The third-order valence-electron chi connectivity index (χ3n) is 2.00. The van der Waals surface area contributed by atoms with Crippen LogP contribution in [0.5, 0.6) is 0 Å². The first kappa shape index (κ1) is 10.8. The molecule has 0 atom stereocenters. The first-order chi connectivity index (χ1) is 8.22. The Labute approximate surface area is 95.1 Å². The lowest BCUT2D eigenvalue weighted by atomic mass is 10.2. The van der Waals surface area contributed by atoms with Crippen molar-refractivity contribution in [1.82, 2.24) is 15.2 Å². The molecule has 1 amide bonds. The van der Waals surface area contributed by atoms with Crippen molar-refractivity contribution in [3.63, 3.8) is 0 Å². The van der Waals surface area contributed by atoms with Crippen molar-refractivity contribution in [2.45, 2.75) is 0 Å². The predicted molar refractivity (Wildman–Crippen MR) is 55.5 cm³/mol. The lowest BCUT2D eigenvalue weighted by Gasteiger charge is -2.02. The lowest BCUT2D eigenvalue weighted by molar-refractivity contribution is 0.102. The molecule has 2 heterocycles. The number of nitrogens with zero attached hydrogens (tertiary/aromatic N) is 3. The van der Waals surface area contributed by atoms with Gasteiger partial charge in [-0.25, -0.2) is 4.98 Å². The molecule has 2 aromatic rings. The smallest absolute Gasteiger partial charge is 0.261 e. The van der Waals surface area contributed by atoms with Crippen molar-refractivity contribution in [2.75, 3.05) is 5.32 Å². The molecular formula is C10H6FN5O. The zero-order chi connectivity index (χ0) is 12.3. The molecule has 0 aliphatic rings. The van der Waals surface area contributed by atoms with E-state index in [0.717, 1.165) is 0 Å². The van der Waals surface area contributed by atoms with Gasteiger partial charge in [0.05, 0.1) is 11.8 Å². The fourth-order valence-corrected chi connectivity index (χ4v) is 1.20. The molecule has 0 fully saturated rings. The van der Waals surface area contributed by atoms with E-state index in [1.54, 1.807) is 0 Å². The van der Waals surface area contributed by atoms with E-state index in [2.05, 4.69) is 20.5 Å². The van der Waals surface area contributed by atoms with Gasteiger partial charge in [0.25, 0.3) is 5.91 Å². The Morgan fingerprint density at radius 2 is 2.41 bits per heavy atom. The summed E-state index contributed by atoms with van der Waals surface area (Å²) in [5.41, 5.74) is -0.0337. The van der Waals surface area contributed by atoms with E-state index in [4.69, 9.17) is 5.26 Å². The van der Waals surface area contributed by atoms with E-state index in [9.17, 15) is 9.18 Å². The van der Waals surface area contributed by atoms with Gasteiger partial charge in [0, 0.05) is 6.20 Å². The van der Waals surface area contributed by atoms with Crippen LogP contribution in [-0.2, 0) is 0 Å². The van der Waals surface area contributed by atoms with Crippen LogP contribution in [0.1, 0.15) is 15.9 Å². The van der Waals surface area contributed by atoms with Gasteiger partial charge in [-0.2, -0.15) is 14.8 Å². The van der Waals surface area contributed by atoms with Gasteiger partial charge in [0.1, 0.15) is 17.5 Å². The van der Waals surface area contributed by atoms with E-state index in [1.807, 2.05) is 6.07 Å². The standard InChI is InChI=1S/C10H6FN5O/c11-8-7(2-1-3-13-8)10(17)15-9-6(4-12)5-14-16-9/h1-3,5H,(H2,14,15,16,17). The van der Waals surface area contributed by atoms with Gasteiger partial charge in [-0.3, -0.25) is 9.89 Å². The minimum atomic E-state index is -0.872. The minimum absolute atomic E-state index is 0.126. The Balaban J connectivity index is 2.24. The number of amides is 1. The summed E-state index contributed by atoms with van der Waals surface area (Å²) in [5.74, 6) is -1.44. The van der Waals surface area contributed by atoms with Crippen LogP contribution < -0.4 is 5.32 Å². The number of nitriles is 1. The summed E-state index contributed by atoms with van der Waals surface area (Å²) in [6.07, 6.45) is 2.50. The van der Waals surface area contributed by atoms with Gasteiger partial charge in [0.15, 0.2) is 0 Å². The third kappa shape index (κ3) is 2.10. The number of aromatic amines is 1. The van der Waals surface area contributed by atoms with Gasteiger partial charge >= 0.3 is 0 Å². The lowest BCUT2D eigenvalue weighted by Crippen LogP contribution is -2.15. The van der Waals surface area contributed by atoms with Crippen LogP contribution >= 0.6 is 0 Å². The fourth-order valence-electron chi connectivity index (χ4n) is 1.20. The highest BCUT2D eigenvalue weighted by atomic mass is 19.1. The van der Waals surface area contributed by atoms with Crippen LogP contribution in [0.15, 0.2) is 24.5 Å². The molecular weight excluding hydrogens is 225 g/mol. The molecule has 6 nitrogen and oxygen atoms in total. The highest BCUT2D eigenvalue weighted by Crippen LogP contribution is 2.11. The van der Waals surface area contributed by atoms with E-state index in [-0.39, 0.29) is 16.9 Å². The SMILES string of the molecule is N#Cc1cn[nH]c1NC(=O)c1cccnc1F. The Bertz CT molecular complexity index is 601. The number of carbonyl (C=O) groups is 1. The Morgan fingerprint density at radius 3 is 3.12 bits per heavy atom. The van der Waals surface area contributed by atoms with E-state index in [0.29, 0.717) is 0 Å². The van der Waals surface area contributed by atoms with E-state index in [1.165, 1.54) is 24.5 Å². The maximum Gasteiger partial charge on any atom is 0.261 e. The molecule has 84 valence electrons. The first-order valence-corrected chi connectivity index (χ1v) is 4.57. The summed E-state index contributed by atoms with van der Waals surface area (Å²) in [6.45, 7) is 0. The van der Waals surface area contributed by atoms with E-state index >= 15 is 0 Å². The van der Waals surface area contributed by atoms with Crippen LogP contribution in [0.3, 0.4) is 0 Å². The second-order valence-electron chi connectivity index (χ2n) is 3.07. The quantitative estimate of drug-likeness (QED) is 0.755. The minimum Gasteiger partial charge on any atom is -0.306 e. The highest BCUT2D eigenvalue weighted by Gasteiger charge is 2.14. The summed E-state index contributed by atoms with van der Waals surface area (Å²) in [4.78, 5) is 15.0. The number of carbonyl (C=O) groups excluding carboxylic acids is 1. The van der Waals surface area contributed by atoms with Crippen molar-refractivity contribution >= 4 is 11.7 Å². The summed E-state index contributed by atoms with van der Waals surface area (Å²) < 4.78 is 13.2. The number of nitrogens with one attached hydrogen (secondary N) is 2. The number of halogens is 1. The average molecular weight is 231 g/mol. The first-order valence-electron chi connectivity index (χ1n) is 4.57.